The van der Waals surface area contributed by atoms with E-state index >= 15 is 0 Å². The van der Waals surface area contributed by atoms with E-state index in [9.17, 15) is 4.79 Å². The van der Waals surface area contributed by atoms with Gasteiger partial charge in [0.15, 0.2) is 0 Å². The number of fused-ring (bicyclic) bond motifs is 1. The summed E-state index contributed by atoms with van der Waals surface area (Å²) in [6.07, 6.45) is 1.33. The van der Waals surface area contributed by atoms with Gasteiger partial charge in [-0.15, -0.1) is 11.6 Å². The number of hydrogen-bond acceptors (Lipinski definition) is 2. The first-order valence-corrected chi connectivity index (χ1v) is 7.23. The molecule has 0 aliphatic heterocycles. The van der Waals surface area contributed by atoms with Crippen molar-refractivity contribution in [2.75, 3.05) is 0 Å². The second kappa shape index (κ2) is 5.17. The summed E-state index contributed by atoms with van der Waals surface area (Å²) >= 11 is 9.29. The van der Waals surface area contributed by atoms with Crippen molar-refractivity contribution in [1.82, 2.24) is 4.57 Å². The number of halogens is 2. The lowest BCUT2D eigenvalue weighted by atomic mass is 10.2. The molecule has 0 fully saturated rings. The summed E-state index contributed by atoms with van der Waals surface area (Å²) in [5, 5.41) is 0.958. The third-order valence-electron chi connectivity index (χ3n) is 2.57. The number of nitrogens with zero attached hydrogens (tertiary/aromatic N) is 1. The lowest BCUT2D eigenvalue weighted by Gasteiger charge is -2.19. The lowest BCUT2D eigenvalue weighted by Crippen LogP contribution is -2.26. The fourth-order valence-corrected chi connectivity index (χ4v) is 2.48. The fourth-order valence-electron chi connectivity index (χ4n) is 1.78. The molecule has 102 valence electrons. The van der Waals surface area contributed by atoms with Crippen LogP contribution in [-0.4, -0.2) is 16.3 Å². The summed E-state index contributed by atoms with van der Waals surface area (Å²) in [5.41, 5.74) is 1.23. The van der Waals surface area contributed by atoms with Gasteiger partial charge in [0.1, 0.15) is 5.60 Å². The Morgan fingerprint density at radius 3 is 2.68 bits per heavy atom. The predicted molar refractivity (Wildman–Crippen MR) is 80.8 cm³/mol. The maximum absolute atomic E-state index is 12.2. The zero-order valence-electron chi connectivity index (χ0n) is 11.0. The quantitative estimate of drug-likeness (QED) is 0.687. The molecule has 0 bridgehead atoms. The second-order valence-electron chi connectivity index (χ2n) is 5.31. The Kier molecular flexibility index (Phi) is 3.92. The molecule has 0 amide bonds. The van der Waals surface area contributed by atoms with Gasteiger partial charge < -0.3 is 4.74 Å². The molecule has 1 aromatic carbocycles. The minimum absolute atomic E-state index is 0.394. The third kappa shape index (κ3) is 3.12. The summed E-state index contributed by atoms with van der Waals surface area (Å²) < 4.78 is 7.75. The van der Waals surface area contributed by atoms with E-state index < -0.39 is 11.7 Å². The summed E-state index contributed by atoms with van der Waals surface area (Å²) in [5.74, 6) is 0.410. The Bertz CT molecular complexity index is 628. The van der Waals surface area contributed by atoms with Crippen LogP contribution in [0.5, 0.6) is 0 Å². The van der Waals surface area contributed by atoms with Crippen LogP contribution < -0.4 is 0 Å². The van der Waals surface area contributed by atoms with Crippen LogP contribution in [0.1, 0.15) is 26.3 Å². The van der Waals surface area contributed by atoms with Crippen molar-refractivity contribution in [1.29, 1.82) is 0 Å². The molecule has 3 nitrogen and oxygen atoms in total. The number of ether oxygens (including phenoxy) is 1. The van der Waals surface area contributed by atoms with E-state index in [0.29, 0.717) is 5.88 Å². The van der Waals surface area contributed by atoms with Crippen molar-refractivity contribution in [3.05, 3.63) is 34.4 Å². The highest BCUT2D eigenvalue weighted by molar-refractivity contribution is 9.10. The topological polar surface area (TPSA) is 31.2 Å². The monoisotopic (exact) mass is 343 g/mol. The summed E-state index contributed by atoms with van der Waals surface area (Å²) in [7, 11) is 0. The van der Waals surface area contributed by atoms with Crippen LogP contribution in [0.25, 0.3) is 10.9 Å². The highest BCUT2D eigenvalue weighted by Gasteiger charge is 2.20. The van der Waals surface area contributed by atoms with E-state index in [2.05, 4.69) is 15.9 Å². The Labute approximate surface area is 125 Å². The molecule has 0 aliphatic rings. The van der Waals surface area contributed by atoms with Gasteiger partial charge in [-0.3, -0.25) is 4.57 Å². The number of alkyl halides is 1. The molecule has 0 N–H and O–H groups in total. The summed E-state index contributed by atoms with van der Waals surface area (Å²) in [6, 6.07) is 5.79. The highest BCUT2D eigenvalue weighted by Crippen LogP contribution is 2.28. The Hall–Kier alpha value is -1.00. The van der Waals surface area contributed by atoms with Crippen LogP contribution in [-0.2, 0) is 10.6 Å². The van der Waals surface area contributed by atoms with Crippen molar-refractivity contribution < 1.29 is 9.53 Å². The molecule has 0 spiro atoms. The molecule has 19 heavy (non-hydrogen) atoms. The van der Waals surface area contributed by atoms with Gasteiger partial charge in [-0.1, -0.05) is 12.1 Å². The van der Waals surface area contributed by atoms with E-state index in [1.165, 1.54) is 4.57 Å². The first-order chi connectivity index (χ1) is 8.81. The van der Waals surface area contributed by atoms with Gasteiger partial charge in [0.05, 0.1) is 5.52 Å². The Morgan fingerprint density at radius 1 is 1.42 bits per heavy atom. The van der Waals surface area contributed by atoms with Gasteiger partial charge in [-0.2, -0.15) is 0 Å². The van der Waals surface area contributed by atoms with Crippen molar-refractivity contribution in [3.8, 4) is 0 Å². The predicted octanol–water partition coefficient (Wildman–Crippen LogP) is 4.93. The molecular formula is C14H15BrClNO2. The molecule has 0 radical (unpaired) electrons. The molecule has 1 aromatic heterocycles. The number of carbonyl (C=O) groups is 1. The van der Waals surface area contributed by atoms with Crippen LogP contribution in [0, 0.1) is 0 Å². The number of aromatic nitrogens is 1. The standard InChI is InChI=1S/C14H15BrClNO2/c1-14(2,3)19-13(18)17-8-11(15)10-5-4-9(7-16)6-12(10)17/h4-6,8H,7H2,1-3H3. The molecule has 0 atom stereocenters. The minimum Gasteiger partial charge on any atom is -0.443 e. The molecule has 0 saturated carbocycles. The fraction of sp³-hybridized carbons (Fsp3) is 0.357. The number of rotatable bonds is 1. The smallest absolute Gasteiger partial charge is 0.419 e. The van der Waals surface area contributed by atoms with Gasteiger partial charge in [-0.25, -0.2) is 4.79 Å². The maximum atomic E-state index is 12.2. The van der Waals surface area contributed by atoms with Crippen molar-refractivity contribution in [3.63, 3.8) is 0 Å². The van der Waals surface area contributed by atoms with Crippen LogP contribution >= 0.6 is 27.5 Å². The van der Waals surface area contributed by atoms with Crippen molar-refractivity contribution in [2.24, 2.45) is 0 Å². The van der Waals surface area contributed by atoms with E-state index in [4.69, 9.17) is 16.3 Å². The van der Waals surface area contributed by atoms with E-state index in [1.54, 1.807) is 6.20 Å². The van der Waals surface area contributed by atoms with Crippen LogP contribution in [0.3, 0.4) is 0 Å². The van der Waals surface area contributed by atoms with E-state index in [1.807, 2.05) is 39.0 Å². The SMILES string of the molecule is CC(C)(C)OC(=O)n1cc(Br)c2ccc(CCl)cc21. The van der Waals surface area contributed by atoms with E-state index in [0.717, 1.165) is 20.9 Å². The largest absolute Gasteiger partial charge is 0.443 e. The Balaban J connectivity index is 2.51. The van der Waals surface area contributed by atoms with Crippen LogP contribution in [0.2, 0.25) is 0 Å². The number of benzene rings is 1. The van der Waals surface area contributed by atoms with Crippen LogP contribution in [0.15, 0.2) is 28.9 Å². The van der Waals surface area contributed by atoms with Crippen LogP contribution in [0.4, 0.5) is 4.79 Å². The molecule has 0 aliphatic carbocycles. The molecule has 1 heterocycles. The van der Waals surface area contributed by atoms with Crippen molar-refractivity contribution in [2.45, 2.75) is 32.3 Å². The van der Waals surface area contributed by atoms with Gasteiger partial charge in [0.25, 0.3) is 0 Å². The van der Waals surface area contributed by atoms with Crippen molar-refractivity contribution >= 4 is 44.5 Å². The number of hydrogen-bond donors (Lipinski definition) is 0. The Morgan fingerprint density at radius 2 is 2.11 bits per heavy atom. The minimum atomic E-state index is -0.524. The molecule has 2 aromatic rings. The van der Waals surface area contributed by atoms with Gasteiger partial charge in [-0.05, 0) is 48.3 Å². The van der Waals surface area contributed by atoms with Gasteiger partial charge in [0.2, 0.25) is 0 Å². The molecule has 0 unspecified atom stereocenters. The third-order valence-corrected chi connectivity index (χ3v) is 3.51. The molecule has 0 saturated heterocycles. The molecular weight excluding hydrogens is 330 g/mol. The lowest BCUT2D eigenvalue weighted by molar-refractivity contribution is 0.0544. The first-order valence-electron chi connectivity index (χ1n) is 5.90. The highest BCUT2D eigenvalue weighted by atomic mass is 79.9. The molecule has 5 heteroatoms. The first kappa shape index (κ1) is 14.4. The maximum Gasteiger partial charge on any atom is 0.419 e. The summed E-state index contributed by atoms with van der Waals surface area (Å²) in [4.78, 5) is 12.2. The zero-order chi connectivity index (χ0) is 14.2. The van der Waals surface area contributed by atoms with E-state index in [-0.39, 0.29) is 0 Å². The molecule has 2 rings (SSSR count). The second-order valence-corrected chi connectivity index (χ2v) is 6.43. The average molecular weight is 345 g/mol. The average Bonchev–Trinajstić information content (AvgIpc) is 2.64. The van der Waals surface area contributed by atoms with Gasteiger partial charge in [0, 0.05) is 21.9 Å². The summed E-state index contributed by atoms with van der Waals surface area (Å²) in [6.45, 7) is 5.53. The number of carbonyl (C=O) groups excluding carboxylic acids is 1. The normalized spacial score (nSPS) is 11.8. The zero-order valence-corrected chi connectivity index (χ0v) is 13.4. The van der Waals surface area contributed by atoms with Gasteiger partial charge >= 0.3 is 6.09 Å².